The number of benzene rings is 2. The van der Waals surface area contributed by atoms with Gasteiger partial charge in [0.05, 0.1) is 17.4 Å². The Morgan fingerprint density at radius 3 is 2.07 bits per heavy atom. The summed E-state index contributed by atoms with van der Waals surface area (Å²) in [6.45, 7) is 0.642. The summed E-state index contributed by atoms with van der Waals surface area (Å²) in [4.78, 5) is 51.6. The minimum Gasteiger partial charge on any atom is -0.475 e. The second-order valence-electron chi connectivity index (χ2n) is 10.2. The molecule has 0 unspecified atom stereocenters. The number of alkyl halides is 6. The molecule has 0 saturated carbocycles. The first kappa shape index (κ1) is 30.9. The van der Waals surface area contributed by atoms with E-state index in [1.54, 1.807) is 17.0 Å². The van der Waals surface area contributed by atoms with Crippen molar-refractivity contribution in [2.24, 2.45) is 11.8 Å². The first-order valence-electron chi connectivity index (χ1n) is 12.6. The Morgan fingerprint density at radius 2 is 1.55 bits per heavy atom. The summed E-state index contributed by atoms with van der Waals surface area (Å²) < 4.78 is 84.2. The van der Waals surface area contributed by atoms with Crippen LogP contribution >= 0.6 is 0 Å². The smallest absolute Gasteiger partial charge is 0.475 e. The Kier molecular flexibility index (Phi) is 8.10. The monoisotopic (exact) mass is 603 g/mol. The molecule has 15 heteroatoms. The molecule has 0 aliphatic carbocycles. The molecule has 3 fully saturated rings. The van der Waals surface area contributed by atoms with E-state index in [-0.39, 0.29) is 12.5 Å². The summed E-state index contributed by atoms with van der Waals surface area (Å²) in [6, 6.07) is 9.42. The van der Waals surface area contributed by atoms with Gasteiger partial charge >= 0.3 is 18.3 Å². The van der Waals surface area contributed by atoms with Gasteiger partial charge in [0.15, 0.2) is 0 Å². The second-order valence-corrected chi connectivity index (χ2v) is 10.2. The lowest BCUT2D eigenvalue weighted by atomic mass is 9.74. The molecule has 2 N–H and O–H groups in total. The number of carbonyl (C=O) groups is 4. The zero-order valence-corrected chi connectivity index (χ0v) is 21.8. The van der Waals surface area contributed by atoms with E-state index in [9.17, 15) is 45.1 Å². The van der Waals surface area contributed by atoms with Gasteiger partial charge in [0.1, 0.15) is 11.4 Å². The molecule has 0 aromatic heterocycles. The molecule has 3 aliphatic heterocycles. The van der Waals surface area contributed by atoms with Gasteiger partial charge in [0.25, 0.3) is 0 Å². The van der Waals surface area contributed by atoms with Gasteiger partial charge in [-0.05, 0) is 48.2 Å². The molecule has 5 rings (SSSR count). The summed E-state index contributed by atoms with van der Waals surface area (Å²) in [7, 11) is 1.37. The van der Waals surface area contributed by atoms with Crippen LogP contribution in [0.2, 0.25) is 0 Å². The van der Waals surface area contributed by atoms with E-state index < -0.39 is 64.9 Å². The van der Waals surface area contributed by atoms with E-state index in [4.69, 9.17) is 9.90 Å². The maximum Gasteiger partial charge on any atom is 0.490 e. The Hall–Kier alpha value is -4.01. The van der Waals surface area contributed by atoms with Gasteiger partial charge in [-0.1, -0.05) is 24.3 Å². The number of hydrogen-bond donors (Lipinski definition) is 2. The Morgan fingerprint density at radius 1 is 0.976 bits per heavy atom. The molecule has 1 spiro atoms. The molecule has 2 aromatic carbocycles. The summed E-state index contributed by atoms with van der Waals surface area (Å²) >= 11 is 0. The lowest BCUT2D eigenvalue weighted by Gasteiger charge is -2.42. The molecule has 4 atom stereocenters. The minimum atomic E-state index is -5.08. The maximum atomic E-state index is 13.8. The number of carbonyl (C=O) groups excluding carboxylic acids is 3. The van der Waals surface area contributed by atoms with E-state index in [0.29, 0.717) is 24.9 Å². The number of rotatable bonds is 3. The largest absolute Gasteiger partial charge is 0.490 e. The molecular weight excluding hydrogens is 579 g/mol. The van der Waals surface area contributed by atoms with Crippen molar-refractivity contribution in [3.63, 3.8) is 0 Å². The topological polar surface area (TPSA) is 107 Å². The standard InChI is InChI=1S/C25H23F4N3O3.C2HF3O2/c1-31-21(33)18-19(22(31)34)24(30-20(18)15-5-7-16(8-6-15)25(27,28)29)11-2-12-32(23(24)35)13-14-3-9-17(26)10-4-14;3-2(4,5)1(6)7/h3-10,18-20,30H,2,11-13H2,1H3;(H,6,7)/t18-,19-,20-,24-;/m1./s1. The number of nitrogens with one attached hydrogen (secondary N) is 1. The van der Waals surface area contributed by atoms with Crippen molar-refractivity contribution in [1.82, 2.24) is 15.1 Å². The molecule has 0 radical (unpaired) electrons. The normalized spacial score (nSPS) is 25.9. The van der Waals surface area contributed by atoms with E-state index in [1.807, 2.05) is 0 Å². The molecule has 3 aliphatic rings. The Bertz CT molecular complexity index is 1380. The number of nitrogens with zero attached hydrogens (tertiary/aromatic N) is 2. The molecule has 3 saturated heterocycles. The lowest BCUT2D eigenvalue weighted by Crippen LogP contribution is -2.63. The average Bonchev–Trinajstić information content (AvgIpc) is 3.37. The quantitative estimate of drug-likeness (QED) is 0.407. The first-order valence-corrected chi connectivity index (χ1v) is 12.6. The van der Waals surface area contributed by atoms with Gasteiger partial charge in [0.2, 0.25) is 17.7 Å². The van der Waals surface area contributed by atoms with Crippen LogP contribution in [0.15, 0.2) is 48.5 Å². The summed E-state index contributed by atoms with van der Waals surface area (Å²) in [6.07, 6.45) is -8.71. The van der Waals surface area contributed by atoms with E-state index in [0.717, 1.165) is 22.6 Å². The van der Waals surface area contributed by atoms with Crippen LogP contribution in [0.4, 0.5) is 30.7 Å². The van der Waals surface area contributed by atoms with Gasteiger partial charge in [0, 0.05) is 26.2 Å². The third-order valence-corrected chi connectivity index (χ3v) is 7.67. The molecule has 0 bridgehead atoms. The van der Waals surface area contributed by atoms with Gasteiger partial charge in [-0.3, -0.25) is 24.6 Å². The zero-order chi connectivity index (χ0) is 31.2. The number of carboxylic acid groups (broad SMARTS) is 1. The minimum absolute atomic E-state index is 0.211. The average molecular weight is 603 g/mol. The SMILES string of the molecule is CN1C(=O)[C@H]2[C@@H](c3ccc(C(F)(F)F)cc3)N[C@]3(CCCN(Cc4ccc(F)cc4)C3=O)[C@H]2C1=O.O=C(O)C(F)(F)F. The van der Waals surface area contributed by atoms with Crippen LogP contribution in [-0.4, -0.2) is 63.9 Å². The summed E-state index contributed by atoms with van der Waals surface area (Å²) in [5, 5.41) is 10.4. The molecule has 42 heavy (non-hydrogen) atoms. The Labute approximate surface area is 234 Å². The molecule has 8 nitrogen and oxygen atoms in total. The van der Waals surface area contributed by atoms with Crippen LogP contribution in [-0.2, 0) is 31.9 Å². The second kappa shape index (κ2) is 11.0. The first-order chi connectivity index (χ1) is 19.5. The number of likely N-dealkylation sites (tertiary alicyclic amines) is 2. The molecule has 3 amide bonds. The number of hydrogen-bond acceptors (Lipinski definition) is 5. The van der Waals surface area contributed by atoms with Crippen molar-refractivity contribution >= 4 is 23.7 Å². The number of aliphatic carboxylic acids is 1. The highest BCUT2D eigenvalue weighted by Gasteiger charge is 2.68. The fraction of sp³-hybridized carbons (Fsp3) is 0.407. The van der Waals surface area contributed by atoms with Crippen LogP contribution in [0, 0.1) is 17.7 Å². The van der Waals surface area contributed by atoms with Crippen LogP contribution in [0.5, 0.6) is 0 Å². The number of imide groups is 1. The van der Waals surface area contributed by atoms with Crippen molar-refractivity contribution in [2.45, 2.75) is 43.3 Å². The van der Waals surface area contributed by atoms with Crippen LogP contribution in [0.3, 0.4) is 0 Å². The highest BCUT2D eigenvalue weighted by Crippen LogP contribution is 2.52. The molecule has 3 heterocycles. The van der Waals surface area contributed by atoms with Crippen LogP contribution < -0.4 is 5.32 Å². The predicted molar refractivity (Wildman–Crippen MR) is 130 cm³/mol. The predicted octanol–water partition coefficient (Wildman–Crippen LogP) is 3.91. The highest BCUT2D eigenvalue weighted by atomic mass is 19.4. The molecule has 226 valence electrons. The lowest BCUT2D eigenvalue weighted by molar-refractivity contribution is -0.192. The van der Waals surface area contributed by atoms with Gasteiger partial charge in [-0.2, -0.15) is 26.3 Å². The number of amides is 3. The molecular formula is C27H24F7N3O5. The maximum absolute atomic E-state index is 13.8. The van der Waals surface area contributed by atoms with Crippen molar-refractivity contribution in [3.8, 4) is 0 Å². The van der Waals surface area contributed by atoms with Crippen molar-refractivity contribution in [1.29, 1.82) is 0 Å². The Balaban J connectivity index is 0.000000517. The van der Waals surface area contributed by atoms with Gasteiger partial charge < -0.3 is 10.0 Å². The van der Waals surface area contributed by atoms with E-state index >= 15 is 0 Å². The summed E-state index contributed by atoms with van der Waals surface area (Å²) in [5.74, 6) is -6.29. The number of halogens is 7. The third kappa shape index (κ3) is 5.69. The third-order valence-electron chi connectivity index (χ3n) is 7.67. The van der Waals surface area contributed by atoms with E-state index in [1.165, 1.54) is 31.3 Å². The summed E-state index contributed by atoms with van der Waals surface area (Å²) in [5.41, 5.74) is -1.05. The molecule has 2 aromatic rings. The number of piperidine rings is 1. The van der Waals surface area contributed by atoms with Crippen molar-refractivity contribution in [3.05, 3.63) is 71.0 Å². The zero-order valence-electron chi connectivity index (χ0n) is 21.8. The van der Waals surface area contributed by atoms with Crippen molar-refractivity contribution in [2.75, 3.05) is 13.6 Å². The van der Waals surface area contributed by atoms with Crippen LogP contribution in [0.1, 0.15) is 35.6 Å². The van der Waals surface area contributed by atoms with E-state index in [2.05, 4.69) is 5.32 Å². The number of fused-ring (bicyclic) bond motifs is 2. The number of carboxylic acids is 1. The van der Waals surface area contributed by atoms with Crippen LogP contribution in [0.25, 0.3) is 0 Å². The fourth-order valence-corrected chi connectivity index (χ4v) is 5.74. The highest BCUT2D eigenvalue weighted by molar-refractivity contribution is 6.10. The fourth-order valence-electron chi connectivity index (χ4n) is 5.74. The van der Waals surface area contributed by atoms with Crippen molar-refractivity contribution < 1.29 is 55.0 Å². The van der Waals surface area contributed by atoms with Gasteiger partial charge in [-0.15, -0.1) is 0 Å². The van der Waals surface area contributed by atoms with Gasteiger partial charge in [-0.25, -0.2) is 9.18 Å².